The summed E-state index contributed by atoms with van der Waals surface area (Å²) in [6.45, 7) is 11.1. The van der Waals surface area contributed by atoms with Crippen molar-refractivity contribution in [3.05, 3.63) is 82.9 Å². The van der Waals surface area contributed by atoms with Gasteiger partial charge >= 0.3 is 48.6 Å². The second-order valence-electron chi connectivity index (χ2n) is 7.91. The fraction of sp³-hybridized carbons (Fsp3) is 0.379. The van der Waals surface area contributed by atoms with Gasteiger partial charge in [-0.05, 0) is 25.7 Å². The molecule has 0 aliphatic rings. The van der Waals surface area contributed by atoms with Crippen molar-refractivity contribution in [1.82, 2.24) is 0 Å². The second-order valence-corrected chi connectivity index (χ2v) is 12.6. The van der Waals surface area contributed by atoms with E-state index in [9.17, 15) is 0 Å². The average molecular weight is 592 g/mol. The molecule has 0 atom stereocenters. The Kier molecular flexibility index (Phi) is 11.8. The van der Waals surface area contributed by atoms with E-state index in [1.807, 2.05) is 0 Å². The summed E-state index contributed by atoms with van der Waals surface area (Å²) in [6, 6.07) is 23.9. The van der Waals surface area contributed by atoms with Gasteiger partial charge in [-0.25, -0.2) is 0 Å². The fourth-order valence-corrected chi connectivity index (χ4v) is 6.82. The van der Waals surface area contributed by atoms with Crippen LogP contribution in [-0.2, 0) is 48.7 Å². The van der Waals surface area contributed by atoms with E-state index in [1.54, 1.807) is 0 Å². The van der Waals surface area contributed by atoms with Crippen molar-refractivity contribution in [2.24, 2.45) is 0 Å². The zero-order chi connectivity index (χ0) is 22.6. The van der Waals surface area contributed by atoms with Crippen molar-refractivity contribution in [2.45, 2.75) is 72.8 Å². The summed E-state index contributed by atoms with van der Waals surface area (Å²) in [7, 11) is 0. The third-order valence-corrected chi connectivity index (χ3v) is 9.20. The molecule has 4 aromatic carbocycles. The Labute approximate surface area is 205 Å². The molecule has 0 unspecified atom stereocenters. The van der Waals surface area contributed by atoms with Crippen molar-refractivity contribution in [3.63, 3.8) is 0 Å². The quantitative estimate of drug-likeness (QED) is 0.156. The molecule has 1 radical (unpaired) electrons. The van der Waals surface area contributed by atoms with Gasteiger partial charge < -0.3 is 0 Å². The molecule has 0 N–H and O–H groups in total. The SMILES string of the molecule is CCC[Si]=[Hf+2].CCc1cc2c(CC)cccc2[cH-]1.CCc1cc2c(CC)cccc2[cH-]1. The molecule has 2 heteroatoms. The molecule has 0 bridgehead atoms. The van der Waals surface area contributed by atoms with E-state index in [-0.39, 0.29) is 0 Å². The van der Waals surface area contributed by atoms with Gasteiger partial charge in [-0.1, -0.05) is 51.0 Å². The molecule has 0 aliphatic heterocycles. The number of hydrogen-bond acceptors (Lipinski definition) is 0. The normalized spacial score (nSPS) is 10.4. The number of fused-ring (bicyclic) bond motifs is 2. The van der Waals surface area contributed by atoms with Gasteiger partial charge in [0.2, 0.25) is 0 Å². The molecule has 4 rings (SSSR count). The van der Waals surface area contributed by atoms with Crippen LogP contribution in [0.2, 0.25) is 6.04 Å². The van der Waals surface area contributed by atoms with Gasteiger partial charge in [-0.3, -0.25) is 0 Å². The maximum atomic E-state index is 2.33. The summed E-state index contributed by atoms with van der Waals surface area (Å²) in [6.07, 6.45) is 7.22. The Morgan fingerprint density at radius 1 is 0.677 bits per heavy atom. The van der Waals surface area contributed by atoms with Gasteiger partial charge in [-0.15, -0.1) is 69.1 Å². The number of hydrogen-bond donors (Lipinski definition) is 0. The Bertz CT molecular complexity index is 985. The monoisotopic (exact) mass is 593 g/mol. The molecule has 161 valence electrons. The van der Waals surface area contributed by atoms with Crippen LogP contribution in [0.3, 0.4) is 0 Å². The molecule has 0 heterocycles. The van der Waals surface area contributed by atoms with Crippen molar-refractivity contribution >= 4 is 27.8 Å². The first kappa shape index (κ1) is 26.0. The molecule has 0 fully saturated rings. The van der Waals surface area contributed by atoms with Crippen molar-refractivity contribution in [3.8, 4) is 0 Å². The first-order valence-electron chi connectivity index (χ1n) is 11.9. The van der Waals surface area contributed by atoms with Crippen LogP contribution in [0.1, 0.15) is 63.3 Å². The minimum atomic E-state index is 1.13. The Hall–Kier alpha value is -1.25. The number of rotatable bonds is 6. The Morgan fingerprint density at radius 3 is 1.42 bits per heavy atom. The summed E-state index contributed by atoms with van der Waals surface area (Å²) in [5, 5.41) is 5.69. The van der Waals surface area contributed by atoms with Crippen LogP contribution in [0, 0.1) is 0 Å². The van der Waals surface area contributed by atoms with Crippen LogP contribution < -0.4 is 0 Å². The first-order chi connectivity index (χ1) is 15.1. The molecular weight excluding hydrogens is 555 g/mol. The van der Waals surface area contributed by atoms with Crippen molar-refractivity contribution < 1.29 is 23.0 Å². The summed E-state index contributed by atoms with van der Waals surface area (Å²) in [5.41, 5.74) is 5.85. The van der Waals surface area contributed by atoms with Crippen molar-refractivity contribution in [1.29, 1.82) is 0 Å². The summed E-state index contributed by atoms with van der Waals surface area (Å²) in [4.78, 5) is 0. The zero-order valence-electron chi connectivity index (χ0n) is 20.0. The van der Waals surface area contributed by atoms with E-state index in [2.05, 4.69) is 95.3 Å². The minimum Gasteiger partial charge on any atom is -0.165 e. The summed E-state index contributed by atoms with van der Waals surface area (Å²) >= 11 is 1.43. The predicted octanol–water partition coefficient (Wildman–Crippen LogP) is 8.35. The van der Waals surface area contributed by atoms with Gasteiger partial charge in [0.1, 0.15) is 0 Å². The minimum absolute atomic E-state index is 1.13. The van der Waals surface area contributed by atoms with Gasteiger partial charge in [0, 0.05) is 0 Å². The number of benzene rings is 2. The van der Waals surface area contributed by atoms with Crippen LogP contribution in [0.25, 0.3) is 21.5 Å². The van der Waals surface area contributed by atoms with Crippen LogP contribution in [0.15, 0.2) is 60.7 Å². The third kappa shape index (κ3) is 7.39. The van der Waals surface area contributed by atoms with E-state index < -0.39 is 0 Å². The van der Waals surface area contributed by atoms with Gasteiger partial charge in [-0.2, -0.15) is 12.1 Å². The summed E-state index contributed by atoms with van der Waals surface area (Å²) < 4.78 is 0. The topological polar surface area (TPSA) is 0 Å². The van der Waals surface area contributed by atoms with Crippen LogP contribution in [0.4, 0.5) is 0 Å². The standard InChI is InChI=1S/2C13H15.C3H7Si.Hf/c2*1-3-10-8-12-7-5-6-11(4-2)13(12)9-10;1-2-3-4;/h2*5-9H,3-4H2,1-2H3;2-3H2,1H3;/q2*-1;;+2. The number of aryl methyl sites for hydroxylation is 4. The summed E-state index contributed by atoms with van der Waals surface area (Å²) in [5.74, 6) is 0. The van der Waals surface area contributed by atoms with Crippen LogP contribution in [0.5, 0.6) is 0 Å². The van der Waals surface area contributed by atoms with E-state index in [0.717, 1.165) is 25.7 Å². The molecule has 0 spiro atoms. The zero-order valence-corrected chi connectivity index (χ0v) is 24.6. The van der Waals surface area contributed by atoms with E-state index >= 15 is 0 Å². The van der Waals surface area contributed by atoms with E-state index in [4.69, 9.17) is 0 Å². The first-order valence-corrected chi connectivity index (χ1v) is 18.4. The fourth-order valence-electron chi connectivity index (χ4n) is 3.87. The van der Waals surface area contributed by atoms with Crippen LogP contribution in [-0.4, -0.2) is 6.22 Å². The Balaban J connectivity index is 0.000000182. The molecule has 31 heavy (non-hydrogen) atoms. The van der Waals surface area contributed by atoms with E-state index in [1.165, 1.54) is 85.5 Å². The largest absolute Gasteiger partial charge is 0.165 e. The maximum absolute atomic E-state index is 2.33. The van der Waals surface area contributed by atoms with Gasteiger partial charge in [0.05, 0.1) is 0 Å². The second kappa shape index (κ2) is 14.0. The van der Waals surface area contributed by atoms with Crippen molar-refractivity contribution in [2.75, 3.05) is 0 Å². The molecule has 0 amide bonds. The molecule has 0 aromatic heterocycles. The molecular formula is C29H37HfSi. The molecule has 0 nitrogen and oxygen atoms in total. The van der Waals surface area contributed by atoms with Crippen LogP contribution >= 0.6 is 0 Å². The van der Waals surface area contributed by atoms with Gasteiger partial charge in [0.25, 0.3) is 0 Å². The Morgan fingerprint density at radius 2 is 1.13 bits per heavy atom. The molecule has 0 saturated heterocycles. The third-order valence-electron chi connectivity index (χ3n) is 5.75. The predicted molar refractivity (Wildman–Crippen MR) is 137 cm³/mol. The average Bonchev–Trinajstić information content (AvgIpc) is 3.43. The maximum Gasteiger partial charge on any atom is -0.0397 e. The molecule has 4 aromatic rings. The smallest absolute Gasteiger partial charge is 0.0397 e. The van der Waals surface area contributed by atoms with E-state index in [0.29, 0.717) is 0 Å². The van der Waals surface area contributed by atoms with Gasteiger partial charge in [0.15, 0.2) is 0 Å². The molecule has 0 saturated carbocycles. The molecule has 0 aliphatic carbocycles.